The number of rotatable bonds is 13. The number of allylic oxidation sites excluding steroid dienone is 1. The van der Waals surface area contributed by atoms with Gasteiger partial charge in [0.15, 0.2) is 0 Å². The second kappa shape index (κ2) is 15.8. The predicted molar refractivity (Wildman–Crippen MR) is 172 cm³/mol. The Hall–Kier alpha value is -4.11. The Morgan fingerprint density at radius 1 is 1.02 bits per heavy atom. The van der Waals surface area contributed by atoms with Gasteiger partial charge < -0.3 is 10.1 Å². The average Bonchev–Trinajstić information content (AvgIpc) is 3.04. The molecule has 0 spiro atoms. The molecule has 5 nitrogen and oxygen atoms in total. The summed E-state index contributed by atoms with van der Waals surface area (Å²) in [6.45, 7) is 3.76. The summed E-state index contributed by atoms with van der Waals surface area (Å²) in [5.74, 6) is -0.385. The van der Waals surface area contributed by atoms with Gasteiger partial charge in [0, 0.05) is 30.2 Å². The summed E-state index contributed by atoms with van der Waals surface area (Å²) in [5, 5.41) is 3.22. The summed E-state index contributed by atoms with van der Waals surface area (Å²) in [6, 6.07) is 23.4. The molecule has 0 radical (unpaired) electrons. The maximum atomic E-state index is 14.6. The second-order valence-electron chi connectivity index (χ2n) is 10.7. The van der Waals surface area contributed by atoms with E-state index in [1.54, 1.807) is 23.1 Å². The molecule has 1 saturated carbocycles. The van der Waals surface area contributed by atoms with Crippen LogP contribution in [0.15, 0.2) is 115 Å². The molecular weight excluding hydrogens is 606 g/mol. The summed E-state index contributed by atoms with van der Waals surface area (Å²) in [7, 11) is 0. The number of para-hydroxylation sites is 1. The maximum absolute atomic E-state index is 14.6. The van der Waals surface area contributed by atoms with Crippen LogP contribution in [0.3, 0.4) is 0 Å². The number of anilines is 1. The van der Waals surface area contributed by atoms with Gasteiger partial charge in [0.2, 0.25) is 0 Å². The zero-order valence-electron chi connectivity index (χ0n) is 24.7. The van der Waals surface area contributed by atoms with Gasteiger partial charge in [0.05, 0.1) is 5.71 Å². The van der Waals surface area contributed by atoms with E-state index in [4.69, 9.17) is 11.6 Å². The van der Waals surface area contributed by atoms with E-state index in [0.29, 0.717) is 11.4 Å². The van der Waals surface area contributed by atoms with Gasteiger partial charge in [-0.1, -0.05) is 92.6 Å². The topological polar surface area (TPSA) is 53.9 Å². The predicted octanol–water partition coefficient (Wildman–Crippen LogP) is 9.29. The zero-order valence-corrected chi connectivity index (χ0v) is 25.5. The van der Waals surface area contributed by atoms with Crippen molar-refractivity contribution in [1.29, 1.82) is 0 Å². The Morgan fingerprint density at radius 3 is 2.31 bits per heavy atom. The Labute approximate surface area is 266 Å². The lowest BCUT2D eigenvalue weighted by molar-refractivity contribution is -0.253. The third-order valence-corrected chi connectivity index (χ3v) is 7.87. The molecule has 1 atom stereocenters. The van der Waals surface area contributed by atoms with Crippen molar-refractivity contribution in [2.75, 3.05) is 10.8 Å². The fourth-order valence-electron chi connectivity index (χ4n) is 5.66. The number of benzene rings is 3. The number of carbonyl (C=O) groups is 1. The molecule has 1 aliphatic rings. The fourth-order valence-corrected chi connectivity index (χ4v) is 5.75. The number of urea groups is 1. The molecule has 1 fully saturated rings. The van der Waals surface area contributed by atoms with Crippen LogP contribution in [0.2, 0.25) is 0 Å². The number of hydrogen-bond donors (Lipinski definition) is 1. The molecule has 45 heavy (non-hydrogen) atoms. The van der Waals surface area contributed by atoms with Crippen LogP contribution in [-0.2, 0) is 12.0 Å². The van der Waals surface area contributed by atoms with Crippen molar-refractivity contribution in [2.45, 2.75) is 62.6 Å². The van der Waals surface area contributed by atoms with Gasteiger partial charge >= 0.3 is 18.6 Å². The van der Waals surface area contributed by atoms with Crippen LogP contribution in [0.25, 0.3) is 0 Å². The highest BCUT2D eigenvalue weighted by Gasteiger charge is 2.45. The first-order chi connectivity index (χ1) is 21.7. The molecule has 0 aromatic heterocycles. The number of ether oxygens (including phenoxy) is 1. The van der Waals surface area contributed by atoms with Crippen LogP contribution in [-0.4, -0.2) is 36.2 Å². The minimum atomic E-state index is -4.73. The van der Waals surface area contributed by atoms with Crippen LogP contribution in [0, 0.1) is 0 Å². The van der Waals surface area contributed by atoms with E-state index in [-0.39, 0.29) is 23.9 Å². The lowest BCUT2D eigenvalue weighted by Crippen LogP contribution is -2.58. The van der Waals surface area contributed by atoms with Gasteiger partial charge in [-0.25, -0.2) is 4.79 Å². The minimum absolute atomic E-state index is 0.0897. The Balaban J connectivity index is 1.93. The maximum Gasteiger partial charge on any atom is 0.461 e. The third kappa shape index (κ3) is 8.54. The van der Waals surface area contributed by atoms with E-state index < -0.39 is 29.9 Å². The van der Waals surface area contributed by atoms with Gasteiger partial charge in [-0.15, -0.1) is 11.6 Å². The summed E-state index contributed by atoms with van der Waals surface area (Å²) in [5.41, 5.74) is 0.532. The Kier molecular flexibility index (Phi) is 11.8. The molecule has 1 N–H and O–H groups in total. The number of alkyl halides is 5. The monoisotopic (exact) mass is 641 g/mol. The molecule has 0 bridgehead atoms. The van der Waals surface area contributed by atoms with E-state index in [1.807, 2.05) is 60.7 Å². The van der Waals surface area contributed by atoms with Crippen molar-refractivity contribution in [1.82, 2.24) is 5.32 Å². The molecule has 3 aromatic carbocycles. The first-order valence-electron chi connectivity index (χ1n) is 14.8. The molecule has 238 valence electrons. The van der Waals surface area contributed by atoms with E-state index in [2.05, 4.69) is 21.6 Å². The largest absolute Gasteiger partial charge is 0.461 e. The number of carbonyl (C=O) groups excluding carboxylic acids is 1. The highest BCUT2D eigenvalue weighted by molar-refractivity contribution is 6.19. The molecule has 0 saturated heterocycles. The normalized spacial score (nSPS) is 15.9. The van der Waals surface area contributed by atoms with Gasteiger partial charge in [0.25, 0.3) is 0 Å². The number of nitrogens with zero attached hydrogens (tertiary/aromatic N) is 2. The van der Waals surface area contributed by atoms with Gasteiger partial charge in [0.1, 0.15) is 11.3 Å². The van der Waals surface area contributed by atoms with Crippen LogP contribution < -0.4 is 15.0 Å². The van der Waals surface area contributed by atoms with Crippen LogP contribution in [0.4, 0.5) is 28.0 Å². The molecule has 0 aliphatic heterocycles. The number of aliphatic imine (C=N–C) groups is 1. The molecule has 0 unspecified atom stereocenters. The summed E-state index contributed by atoms with van der Waals surface area (Å²) in [6.07, 6.45) is 0.533. The van der Waals surface area contributed by atoms with Crippen LogP contribution in [0.5, 0.6) is 5.75 Å². The van der Waals surface area contributed by atoms with E-state index in [0.717, 1.165) is 43.7 Å². The first kappa shape index (κ1) is 33.8. The number of halogens is 5. The minimum Gasteiger partial charge on any atom is -0.428 e. The molecule has 1 aliphatic carbocycles. The number of nitrogens with one attached hydrogen (secondary N) is 1. The van der Waals surface area contributed by atoms with E-state index in [1.165, 1.54) is 18.3 Å². The van der Waals surface area contributed by atoms with Crippen LogP contribution >= 0.6 is 11.6 Å². The highest BCUT2D eigenvalue weighted by atomic mass is 35.5. The van der Waals surface area contributed by atoms with Gasteiger partial charge in [-0.05, 0) is 54.3 Å². The smallest absolute Gasteiger partial charge is 0.428 e. The summed E-state index contributed by atoms with van der Waals surface area (Å²) in [4.78, 5) is 20.9. The number of amides is 2. The van der Waals surface area contributed by atoms with Gasteiger partial charge in [-0.3, -0.25) is 9.89 Å². The van der Waals surface area contributed by atoms with Gasteiger partial charge in [-0.2, -0.15) is 17.6 Å². The molecule has 3 aromatic rings. The van der Waals surface area contributed by atoms with Crippen molar-refractivity contribution in [3.63, 3.8) is 0 Å². The average molecular weight is 642 g/mol. The number of hydrogen-bond acceptors (Lipinski definition) is 3. The lowest BCUT2D eigenvalue weighted by atomic mass is 9.79. The van der Waals surface area contributed by atoms with Crippen molar-refractivity contribution >= 4 is 29.0 Å². The summed E-state index contributed by atoms with van der Waals surface area (Å²) < 4.78 is 58.8. The SMILES string of the molecule is C=CN=C(/C=C\CCl)[C@@](Cc1ccccc1)(NC(=O)N(c1ccccc1)C1CCCCC1)c1cccc(OC(F)(F)C(F)F)c1. The van der Waals surface area contributed by atoms with E-state index >= 15 is 0 Å². The van der Waals surface area contributed by atoms with Crippen molar-refractivity contribution in [2.24, 2.45) is 4.99 Å². The fraction of sp³-hybridized carbons (Fsp3) is 0.314. The van der Waals surface area contributed by atoms with Crippen LogP contribution in [0.1, 0.15) is 43.2 Å². The third-order valence-electron chi connectivity index (χ3n) is 7.69. The standard InChI is InChI=1S/C35H36ClF4N3O2/c1-2-41-31(22-13-23-36)34(25-26-14-6-3-7-15-26,27-16-12-21-30(24-27)45-35(39,40)32(37)38)42-33(44)43(28-17-8-4-9-18-28)29-19-10-5-11-20-29/h2-4,6-9,12-18,21-22,24,29,32H,1,5,10-11,19-20,23,25H2,(H,42,44)/b22-13-,41-31?/t34-/m0/s1. The molecule has 2 amide bonds. The lowest BCUT2D eigenvalue weighted by Gasteiger charge is -2.41. The quantitative estimate of drug-likeness (QED) is 0.115. The molecule has 0 heterocycles. The molecule has 10 heteroatoms. The van der Waals surface area contributed by atoms with Crippen molar-refractivity contribution in [3.05, 3.63) is 121 Å². The van der Waals surface area contributed by atoms with Crippen molar-refractivity contribution in [3.8, 4) is 5.75 Å². The molecule has 4 rings (SSSR count). The Bertz CT molecular complexity index is 1460. The summed E-state index contributed by atoms with van der Waals surface area (Å²) >= 11 is 6.03. The zero-order chi connectivity index (χ0) is 32.3. The highest BCUT2D eigenvalue weighted by Crippen LogP contribution is 2.36. The first-order valence-corrected chi connectivity index (χ1v) is 15.3. The van der Waals surface area contributed by atoms with E-state index in [9.17, 15) is 22.4 Å². The second-order valence-corrected chi connectivity index (χ2v) is 11.0. The Morgan fingerprint density at radius 2 is 1.69 bits per heavy atom. The van der Waals surface area contributed by atoms with Crippen molar-refractivity contribution < 1.29 is 27.1 Å². The molecular formula is C35H36ClF4N3O2.